The summed E-state index contributed by atoms with van der Waals surface area (Å²) in [6.07, 6.45) is 2.09. The number of aromatic hydroxyl groups is 1. The molecular formula is C16H13Cl2N3O3. The van der Waals surface area contributed by atoms with Crippen LogP contribution in [-0.2, 0) is 6.54 Å². The second-order valence-corrected chi connectivity index (χ2v) is 5.85. The highest BCUT2D eigenvalue weighted by Crippen LogP contribution is 2.33. The van der Waals surface area contributed by atoms with Gasteiger partial charge in [-0.3, -0.25) is 4.68 Å². The van der Waals surface area contributed by atoms with Gasteiger partial charge >= 0.3 is 0 Å². The van der Waals surface area contributed by atoms with Crippen molar-refractivity contribution in [3.05, 3.63) is 64.7 Å². The fourth-order valence-corrected chi connectivity index (χ4v) is 2.60. The largest absolute Gasteiger partial charge is 0.506 e. The van der Waals surface area contributed by atoms with Gasteiger partial charge in [0.15, 0.2) is 0 Å². The molecule has 1 unspecified atom stereocenters. The SMILES string of the molecule is Oc1ccc(Oc2ccc(C(O)Cn3cncn3)c(Cl)c2)cc1Cl. The molecule has 24 heavy (non-hydrogen) atoms. The molecule has 0 bridgehead atoms. The number of halogens is 2. The molecule has 0 fully saturated rings. The van der Waals surface area contributed by atoms with E-state index in [0.29, 0.717) is 22.1 Å². The first-order valence-electron chi connectivity index (χ1n) is 6.99. The van der Waals surface area contributed by atoms with E-state index in [4.69, 9.17) is 27.9 Å². The highest BCUT2D eigenvalue weighted by atomic mass is 35.5. The number of aromatic nitrogens is 3. The monoisotopic (exact) mass is 365 g/mol. The zero-order valence-electron chi connectivity index (χ0n) is 12.3. The first-order valence-corrected chi connectivity index (χ1v) is 7.75. The Morgan fingerprint density at radius 3 is 2.42 bits per heavy atom. The molecule has 8 heteroatoms. The minimum atomic E-state index is -0.823. The highest BCUT2D eigenvalue weighted by Gasteiger charge is 2.14. The highest BCUT2D eigenvalue weighted by molar-refractivity contribution is 6.32. The molecule has 0 aliphatic carbocycles. The van der Waals surface area contributed by atoms with E-state index in [1.165, 1.54) is 29.5 Å². The summed E-state index contributed by atoms with van der Waals surface area (Å²) < 4.78 is 7.16. The predicted octanol–water partition coefficient (Wildman–Crippen LogP) is 3.82. The quantitative estimate of drug-likeness (QED) is 0.718. The number of aliphatic hydroxyl groups is 1. The van der Waals surface area contributed by atoms with Crippen molar-refractivity contribution < 1.29 is 14.9 Å². The van der Waals surface area contributed by atoms with Crippen molar-refractivity contribution >= 4 is 23.2 Å². The summed E-state index contributed by atoms with van der Waals surface area (Å²) >= 11 is 12.1. The first-order chi connectivity index (χ1) is 11.5. The van der Waals surface area contributed by atoms with Gasteiger partial charge < -0.3 is 14.9 Å². The Kier molecular flexibility index (Phi) is 4.89. The average molecular weight is 366 g/mol. The van der Waals surface area contributed by atoms with E-state index in [1.807, 2.05) is 0 Å². The molecule has 0 amide bonds. The van der Waals surface area contributed by atoms with Crippen molar-refractivity contribution in [2.75, 3.05) is 0 Å². The number of phenols is 1. The van der Waals surface area contributed by atoms with Crippen LogP contribution in [0.25, 0.3) is 0 Å². The summed E-state index contributed by atoms with van der Waals surface area (Å²) in [6.45, 7) is 0.244. The van der Waals surface area contributed by atoms with Crippen molar-refractivity contribution in [2.24, 2.45) is 0 Å². The molecular weight excluding hydrogens is 353 g/mol. The average Bonchev–Trinajstić information content (AvgIpc) is 3.04. The molecule has 3 aromatic rings. The van der Waals surface area contributed by atoms with Crippen LogP contribution < -0.4 is 4.74 Å². The van der Waals surface area contributed by atoms with Gasteiger partial charge in [-0.25, -0.2) is 4.98 Å². The predicted molar refractivity (Wildman–Crippen MR) is 89.6 cm³/mol. The number of hydrogen-bond acceptors (Lipinski definition) is 5. The van der Waals surface area contributed by atoms with Gasteiger partial charge in [-0.15, -0.1) is 0 Å². The molecule has 0 aliphatic heterocycles. The summed E-state index contributed by atoms with van der Waals surface area (Å²) in [6, 6.07) is 9.49. The third-order valence-electron chi connectivity index (χ3n) is 3.31. The lowest BCUT2D eigenvalue weighted by Crippen LogP contribution is -2.09. The summed E-state index contributed by atoms with van der Waals surface area (Å²) in [5.74, 6) is 0.928. The standard InChI is InChI=1S/C16H13Cl2N3O3/c17-13-5-10(24-11-2-4-15(22)14(18)6-11)1-3-12(13)16(23)7-21-9-19-8-20-21/h1-6,8-9,16,22-23H,7H2. The zero-order chi connectivity index (χ0) is 17.1. The summed E-state index contributed by atoms with van der Waals surface area (Å²) in [5.41, 5.74) is 0.559. The lowest BCUT2D eigenvalue weighted by Gasteiger charge is -2.14. The van der Waals surface area contributed by atoms with Crippen LogP contribution in [0.2, 0.25) is 10.0 Å². The second kappa shape index (κ2) is 7.09. The van der Waals surface area contributed by atoms with E-state index < -0.39 is 6.10 Å². The third kappa shape index (κ3) is 3.79. The number of benzene rings is 2. The van der Waals surface area contributed by atoms with Crippen LogP contribution >= 0.6 is 23.2 Å². The van der Waals surface area contributed by atoms with Gasteiger partial charge in [-0.05, 0) is 24.3 Å². The van der Waals surface area contributed by atoms with E-state index in [9.17, 15) is 10.2 Å². The lowest BCUT2D eigenvalue weighted by molar-refractivity contribution is 0.151. The molecule has 0 radical (unpaired) electrons. The Balaban J connectivity index is 1.75. The summed E-state index contributed by atoms with van der Waals surface area (Å²) in [7, 11) is 0. The molecule has 2 aromatic carbocycles. The molecule has 1 aromatic heterocycles. The van der Waals surface area contributed by atoms with Crippen molar-refractivity contribution in [1.29, 1.82) is 0 Å². The Morgan fingerprint density at radius 1 is 1.08 bits per heavy atom. The van der Waals surface area contributed by atoms with Crippen molar-refractivity contribution in [3.63, 3.8) is 0 Å². The van der Waals surface area contributed by atoms with E-state index in [-0.39, 0.29) is 17.3 Å². The Morgan fingerprint density at radius 2 is 1.79 bits per heavy atom. The number of aliphatic hydroxyl groups excluding tert-OH is 1. The molecule has 0 saturated carbocycles. The maximum Gasteiger partial charge on any atom is 0.137 e. The second-order valence-electron chi connectivity index (χ2n) is 5.03. The number of hydrogen-bond donors (Lipinski definition) is 2. The zero-order valence-corrected chi connectivity index (χ0v) is 13.8. The van der Waals surface area contributed by atoms with Crippen LogP contribution in [0.1, 0.15) is 11.7 Å². The van der Waals surface area contributed by atoms with Crippen LogP contribution in [0.3, 0.4) is 0 Å². The summed E-state index contributed by atoms with van der Waals surface area (Å²) in [5, 5.41) is 24.2. The van der Waals surface area contributed by atoms with Gasteiger partial charge in [0.1, 0.15) is 36.0 Å². The van der Waals surface area contributed by atoms with E-state index in [0.717, 1.165) is 0 Å². The molecule has 0 spiro atoms. The Bertz CT molecular complexity index is 841. The maximum absolute atomic E-state index is 10.3. The van der Waals surface area contributed by atoms with Gasteiger partial charge in [0.25, 0.3) is 0 Å². The topological polar surface area (TPSA) is 80.4 Å². The normalized spacial score (nSPS) is 12.1. The fraction of sp³-hybridized carbons (Fsp3) is 0.125. The fourth-order valence-electron chi connectivity index (χ4n) is 2.13. The minimum absolute atomic E-state index is 0.0198. The smallest absolute Gasteiger partial charge is 0.137 e. The van der Waals surface area contributed by atoms with Crippen LogP contribution in [0, 0.1) is 0 Å². The number of rotatable bonds is 5. The van der Waals surface area contributed by atoms with Gasteiger partial charge in [0.2, 0.25) is 0 Å². The molecule has 2 N–H and O–H groups in total. The number of phenolic OH excluding ortho intramolecular Hbond substituents is 1. The molecule has 1 atom stereocenters. The van der Waals surface area contributed by atoms with Gasteiger partial charge in [-0.2, -0.15) is 5.10 Å². The molecule has 124 valence electrons. The van der Waals surface area contributed by atoms with Gasteiger partial charge in [-0.1, -0.05) is 29.3 Å². The molecule has 6 nitrogen and oxygen atoms in total. The van der Waals surface area contributed by atoms with Crippen molar-refractivity contribution in [2.45, 2.75) is 12.6 Å². The van der Waals surface area contributed by atoms with Gasteiger partial charge in [0.05, 0.1) is 16.6 Å². The van der Waals surface area contributed by atoms with Crippen LogP contribution in [0.5, 0.6) is 17.2 Å². The molecule has 0 aliphatic rings. The molecule has 0 saturated heterocycles. The Hall–Kier alpha value is -2.28. The van der Waals surface area contributed by atoms with E-state index in [2.05, 4.69) is 10.1 Å². The van der Waals surface area contributed by atoms with Crippen LogP contribution in [0.15, 0.2) is 49.1 Å². The number of ether oxygens (including phenoxy) is 1. The third-order valence-corrected chi connectivity index (χ3v) is 3.94. The van der Waals surface area contributed by atoms with Crippen molar-refractivity contribution in [3.8, 4) is 17.2 Å². The lowest BCUT2D eigenvalue weighted by atomic mass is 10.1. The van der Waals surface area contributed by atoms with Gasteiger partial charge in [0, 0.05) is 11.6 Å². The van der Waals surface area contributed by atoms with E-state index in [1.54, 1.807) is 24.3 Å². The van der Waals surface area contributed by atoms with Crippen LogP contribution in [0.4, 0.5) is 0 Å². The minimum Gasteiger partial charge on any atom is -0.506 e. The number of nitrogens with zero attached hydrogens (tertiary/aromatic N) is 3. The van der Waals surface area contributed by atoms with Crippen molar-refractivity contribution in [1.82, 2.24) is 14.8 Å². The molecule has 1 heterocycles. The first kappa shape index (κ1) is 16.6. The van der Waals surface area contributed by atoms with Crippen LogP contribution in [-0.4, -0.2) is 25.0 Å². The maximum atomic E-state index is 10.3. The summed E-state index contributed by atoms with van der Waals surface area (Å²) in [4.78, 5) is 3.82. The Labute approximate surface area is 147 Å². The van der Waals surface area contributed by atoms with E-state index >= 15 is 0 Å². The molecule has 3 rings (SSSR count).